The molecule has 1 amide bonds. The molecule has 0 unspecified atom stereocenters. The summed E-state index contributed by atoms with van der Waals surface area (Å²) >= 11 is 0. The zero-order valence-corrected chi connectivity index (χ0v) is 16.0. The zero-order chi connectivity index (χ0) is 19.4. The Hall–Kier alpha value is -3.21. The van der Waals surface area contributed by atoms with Crippen molar-refractivity contribution >= 4 is 16.7 Å². The topological polar surface area (TPSA) is 48.0 Å². The standard InChI is InChI=1S/C22H23NO4/c1-23(22(24)20-10-9-19(26-3)13-21(20)27-4)14-15-5-6-17-12-18(25-2)8-7-16(17)11-15/h5-13H,14H2,1-4H3. The maximum atomic E-state index is 12.9. The molecule has 140 valence electrons. The van der Waals surface area contributed by atoms with Gasteiger partial charge in [-0.2, -0.15) is 0 Å². The van der Waals surface area contributed by atoms with Crippen LogP contribution in [-0.2, 0) is 6.54 Å². The van der Waals surface area contributed by atoms with E-state index < -0.39 is 0 Å². The highest BCUT2D eigenvalue weighted by Crippen LogP contribution is 2.26. The molecule has 0 aromatic heterocycles. The lowest BCUT2D eigenvalue weighted by atomic mass is 10.1. The molecule has 0 aliphatic heterocycles. The van der Waals surface area contributed by atoms with Crippen molar-refractivity contribution in [3.05, 3.63) is 65.7 Å². The molecule has 0 spiro atoms. The van der Waals surface area contributed by atoms with Crippen molar-refractivity contribution < 1.29 is 19.0 Å². The number of nitrogens with zero attached hydrogens (tertiary/aromatic N) is 1. The number of rotatable bonds is 6. The fourth-order valence-electron chi connectivity index (χ4n) is 3.03. The van der Waals surface area contributed by atoms with Crippen LogP contribution in [0.25, 0.3) is 10.8 Å². The molecule has 27 heavy (non-hydrogen) atoms. The van der Waals surface area contributed by atoms with Crippen LogP contribution in [0, 0.1) is 0 Å². The summed E-state index contributed by atoms with van der Waals surface area (Å²) in [6.45, 7) is 0.496. The van der Waals surface area contributed by atoms with Crippen molar-refractivity contribution in [3.63, 3.8) is 0 Å². The average Bonchev–Trinajstić information content (AvgIpc) is 2.72. The second kappa shape index (κ2) is 7.99. The van der Waals surface area contributed by atoms with Crippen LogP contribution in [0.1, 0.15) is 15.9 Å². The number of benzene rings is 3. The van der Waals surface area contributed by atoms with Gasteiger partial charge in [0.2, 0.25) is 0 Å². The SMILES string of the molecule is COc1ccc(C(=O)N(C)Cc2ccc3cc(OC)ccc3c2)c(OC)c1. The summed E-state index contributed by atoms with van der Waals surface area (Å²) in [5, 5.41) is 2.21. The molecule has 0 radical (unpaired) electrons. The van der Waals surface area contributed by atoms with E-state index in [0.717, 1.165) is 22.1 Å². The molecule has 5 nitrogen and oxygen atoms in total. The molecule has 3 aromatic carbocycles. The van der Waals surface area contributed by atoms with E-state index in [-0.39, 0.29) is 5.91 Å². The Morgan fingerprint density at radius 2 is 1.44 bits per heavy atom. The number of carbonyl (C=O) groups is 1. The minimum atomic E-state index is -0.107. The van der Waals surface area contributed by atoms with Gasteiger partial charge in [0.1, 0.15) is 17.2 Å². The molecule has 0 saturated heterocycles. The normalized spacial score (nSPS) is 10.5. The van der Waals surface area contributed by atoms with E-state index in [0.29, 0.717) is 23.6 Å². The molecule has 0 heterocycles. The number of carbonyl (C=O) groups excluding carboxylic acids is 1. The van der Waals surface area contributed by atoms with Gasteiger partial charge < -0.3 is 19.1 Å². The van der Waals surface area contributed by atoms with Gasteiger partial charge in [-0.25, -0.2) is 0 Å². The zero-order valence-electron chi connectivity index (χ0n) is 16.0. The number of ether oxygens (including phenoxy) is 3. The number of amides is 1. The molecule has 0 bridgehead atoms. The fraction of sp³-hybridized carbons (Fsp3) is 0.227. The van der Waals surface area contributed by atoms with Crippen molar-refractivity contribution in [2.45, 2.75) is 6.54 Å². The summed E-state index contributed by atoms with van der Waals surface area (Å²) < 4.78 is 15.8. The molecule has 3 rings (SSSR count). The first kappa shape index (κ1) is 18.6. The second-order valence-electron chi connectivity index (χ2n) is 6.27. The third-order valence-electron chi connectivity index (χ3n) is 4.52. The minimum Gasteiger partial charge on any atom is -0.497 e. The smallest absolute Gasteiger partial charge is 0.257 e. The third kappa shape index (κ3) is 3.97. The molecule has 0 fully saturated rings. The number of methoxy groups -OCH3 is 3. The number of hydrogen-bond acceptors (Lipinski definition) is 4. The summed E-state index contributed by atoms with van der Waals surface area (Å²) in [4.78, 5) is 14.5. The van der Waals surface area contributed by atoms with Gasteiger partial charge in [-0.15, -0.1) is 0 Å². The van der Waals surface area contributed by atoms with E-state index in [2.05, 4.69) is 6.07 Å². The van der Waals surface area contributed by atoms with Gasteiger partial charge >= 0.3 is 0 Å². The largest absolute Gasteiger partial charge is 0.497 e. The van der Waals surface area contributed by atoms with E-state index in [9.17, 15) is 4.79 Å². The van der Waals surface area contributed by atoms with Crippen molar-refractivity contribution in [2.75, 3.05) is 28.4 Å². The first-order chi connectivity index (χ1) is 13.0. The Bertz CT molecular complexity index is 968. The van der Waals surface area contributed by atoms with Gasteiger partial charge in [-0.05, 0) is 46.7 Å². The summed E-state index contributed by atoms with van der Waals surface area (Å²) in [6.07, 6.45) is 0. The average molecular weight is 365 g/mol. The molecular formula is C22H23NO4. The lowest BCUT2D eigenvalue weighted by Gasteiger charge is -2.19. The minimum absolute atomic E-state index is 0.107. The van der Waals surface area contributed by atoms with Gasteiger partial charge in [-0.3, -0.25) is 4.79 Å². The van der Waals surface area contributed by atoms with Crippen LogP contribution >= 0.6 is 0 Å². The lowest BCUT2D eigenvalue weighted by molar-refractivity contribution is 0.0781. The summed E-state index contributed by atoms with van der Waals surface area (Å²) in [5.74, 6) is 1.87. The van der Waals surface area contributed by atoms with Crippen LogP contribution in [0.15, 0.2) is 54.6 Å². The molecular weight excluding hydrogens is 342 g/mol. The third-order valence-corrected chi connectivity index (χ3v) is 4.52. The Labute approximate surface area is 159 Å². The number of fused-ring (bicyclic) bond motifs is 1. The predicted octanol–water partition coefficient (Wildman–Crippen LogP) is 4.14. The monoisotopic (exact) mass is 365 g/mol. The van der Waals surface area contributed by atoms with Crippen molar-refractivity contribution in [1.82, 2.24) is 4.90 Å². The van der Waals surface area contributed by atoms with E-state index in [4.69, 9.17) is 14.2 Å². The predicted molar refractivity (Wildman–Crippen MR) is 106 cm³/mol. The summed E-state index contributed by atoms with van der Waals surface area (Å²) in [5.41, 5.74) is 1.56. The van der Waals surface area contributed by atoms with Crippen LogP contribution in [0.3, 0.4) is 0 Å². The molecule has 0 N–H and O–H groups in total. The highest BCUT2D eigenvalue weighted by molar-refractivity contribution is 5.97. The highest BCUT2D eigenvalue weighted by atomic mass is 16.5. The fourth-order valence-corrected chi connectivity index (χ4v) is 3.03. The number of hydrogen-bond donors (Lipinski definition) is 0. The van der Waals surface area contributed by atoms with Gasteiger partial charge in [0.15, 0.2) is 0 Å². The first-order valence-corrected chi connectivity index (χ1v) is 8.60. The van der Waals surface area contributed by atoms with Crippen LogP contribution in [0.2, 0.25) is 0 Å². The van der Waals surface area contributed by atoms with Gasteiger partial charge in [0.05, 0.1) is 26.9 Å². The quantitative estimate of drug-likeness (QED) is 0.659. The molecule has 3 aromatic rings. The summed E-state index contributed by atoms with van der Waals surface area (Å²) in [7, 11) is 6.56. The second-order valence-corrected chi connectivity index (χ2v) is 6.27. The van der Waals surface area contributed by atoms with Crippen LogP contribution in [0.4, 0.5) is 0 Å². The van der Waals surface area contributed by atoms with Gasteiger partial charge in [0, 0.05) is 19.7 Å². The Kier molecular flexibility index (Phi) is 5.50. The van der Waals surface area contributed by atoms with Crippen LogP contribution in [0.5, 0.6) is 17.2 Å². The van der Waals surface area contributed by atoms with Crippen molar-refractivity contribution in [2.24, 2.45) is 0 Å². The van der Waals surface area contributed by atoms with E-state index >= 15 is 0 Å². The Morgan fingerprint density at radius 1 is 0.815 bits per heavy atom. The lowest BCUT2D eigenvalue weighted by Crippen LogP contribution is -2.26. The summed E-state index contributed by atoms with van der Waals surface area (Å²) in [6, 6.07) is 17.3. The van der Waals surface area contributed by atoms with Gasteiger partial charge in [0.25, 0.3) is 5.91 Å². The Morgan fingerprint density at radius 3 is 2.15 bits per heavy atom. The van der Waals surface area contributed by atoms with E-state index in [1.807, 2.05) is 30.3 Å². The highest BCUT2D eigenvalue weighted by Gasteiger charge is 2.17. The maximum absolute atomic E-state index is 12.9. The molecule has 0 saturated carbocycles. The van der Waals surface area contributed by atoms with E-state index in [1.165, 1.54) is 0 Å². The molecule has 0 aliphatic carbocycles. The van der Waals surface area contributed by atoms with Gasteiger partial charge in [-0.1, -0.05) is 18.2 Å². The molecule has 5 heteroatoms. The van der Waals surface area contributed by atoms with Crippen molar-refractivity contribution in [3.8, 4) is 17.2 Å². The molecule has 0 atom stereocenters. The van der Waals surface area contributed by atoms with Crippen LogP contribution < -0.4 is 14.2 Å². The van der Waals surface area contributed by atoms with Crippen LogP contribution in [-0.4, -0.2) is 39.2 Å². The first-order valence-electron chi connectivity index (χ1n) is 8.60. The van der Waals surface area contributed by atoms with E-state index in [1.54, 1.807) is 51.5 Å². The Balaban J connectivity index is 1.81. The maximum Gasteiger partial charge on any atom is 0.257 e. The molecule has 0 aliphatic rings. The van der Waals surface area contributed by atoms with Crippen molar-refractivity contribution in [1.29, 1.82) is 0 Å².